The minimum absolute atomic E-state index is 0.0128. The molecular formula is C34H16N8. The fourth-order valence-electron chi connectivity index (χ4n) is 6.16. The van der Waals surface area contributed by atoms with Gasteiger partial charge >= 0.3 is 0 Å². The van der Waals surface area contributed by atoms with Crippen molar-refractivity contribution in [3.63, 3.8) is 0 Å². The van der Waals surface area contributed by atoms with Crippen molar-refractivity contribution >= 4 is 11.4 Å². The molecule has 3 aromatic carbocycles. The van der Waals surface area contributed by atoms with Gasteiger partial charge in [0.05, 0.1) is 25.3 Å². The molecule has 0 amide bonds. The lowest BCUT2D eigenvalue weighted by Gasteiger charge is -2.14. The van der Waals surface area contributed by atoms with Gasteiger partial charge in [0.25, 0.3) is 11.4 Å². The second kappa shape index (κ2) is 9.61. The van der Waals surface area contributed by atoms with E-state index in [0.717, 1.165) is 66.8 Å². The molecule has 192 valence electrons. The predicted octanol–water partition coefficient (Wildman–Crippen LogP) is 4.85. The lowest BCUT2D eigenvalue weighted by atomic mass is 9.89. The Morgan fingerprint density at radius 1 is 0.619 bits per heavy atom. The van der Waals surface area contributed by atoms with Crippen molar-refractivity contribution in [1.82, 2.24) is 19.9 Å². The molecule has 0 fully saturated rings. The highest BCUT2D eigenvalue weighted by Gasteiger charge is 2.32. The van der Waals surface area contributed by atoms with Crippen molar-refractivity contribution in [2.45, 2.75) is 12.8 Å². The Kier molecular flexibility index (Phi) is 5.62. The zero-order valence-electron chi connectivity index (χ0n) is 21.9. The summed E-state index contributed by atoms with van der Waals surface area (Å²) in [6.45, 7) is 15.9. The lowest BCUT2D eigenvalue weighted by Crippen LogP contribution is -2.25. The largest absolute Gasteiger partial charge is 0.269 e. The number of hydrogen-bond donors (Lipinski definition) is 0. The average Bonchev–Trinajstić information content (AvgIpc) is 3.61. The van der Waals surface area contributed by atoms with E-state index < -0.39 is 0 Å². The van der Waals surface area contributed by atoms with Crippen LogP contribution in [0.25, 0.3) is 65.6 Å². The molecule has 0 bridgehead atoms. The van der Waals surface area contributed by atoms with Crippen LogP contribution in [0, 0.1) is 35.8 Å². The SMILES string of the molecule is [C-]#[N+]/C(C#N)=c1/c2c(/c(=C(\C#N)[N+]#[C-])c3c1-c1cc(-c4cncnc4)ccc1C3)-c1cc(-c3cncnc3)ccc1C2. The van der Waals surface area contributed by atoms with Crippen LogP contribution in [0.1, 0.15) is 22.3 Å². The molecule has 0 saturated carbocycles. The normalized spacial score (nSPS) is 13.2. The summed E-state index contributed by atoms with van der Waals surface area (Å²) in [5.74, 6) is 0. The van der Waals surface area contributed by atoms with Crippen LogP contribution in [0.15, 0.2) is 73.8 Å². The van der Waals surface area contributed by atoms with E-state index in [9.17, 15) is 10.5 Å². The van der Waals surface area contributed by atoms with E-state index >= 15 is 0 Å². The molecule has 0 aliphatic heterocycles. The molecular weight excluding hydrogens is 520 g/mol. The molecule has 7 rings (SSSR count). The molecule has 0 unspecified atom stereocenters. The molecule has 2 aliphatic carbocycles. The molecule has 8 heteroatoms. The number of nitriles is 2. The quantitative estimate of drug-likeness (QED) is 0.293. The van der Waals surface area contributed by atoms with E-state index in [2.05, 4.69) is 41.8 Å². The van der Waals surface area contributed by atoms with Crippen LogP contribution < -0.4 is 10.4 Å². The van der Waals surface area contributed by atoms with E-state index in [1.54, 1.807) is 24.8 Å². The molecule has 5 aromatic rings. The van der Waals surface area contributed by atoms with Gasteiger partial charge in [-0.2, -0.15) is 0 Å². The highest BCUT2D eigenvalue weighted by atomic mass is 14.8. The molecule has 0 N–H and O–H groups in total. The number of nitrogens with zero attached hydrogens (tertiary/aromatic N) is 8. The van der Waals surface area contributed by atoms with Gasteiger partial charge in [-0.05, 0) is 80.6 Å². The van der Waals surface area contributed by atoms with Crippen molar-refractivity contribution in [2.75, 3.05) is 0 Å². The third-order valence-electron chi connectivity index (χ3n) is 7.90. The Morgan fingerprint density at radius 2 is 1.02 bits per heavy atom. The van der Waals surface area contributed by atoms with Crippen LogP contribution in [0.5, 0.6) is 0 Å². The fourth-order valence-corrected chi connectivity index (χ4v) is 6.16. The van der Waals surface area contributed by atoms with E-state index in [-0.39, 0.29) is 11.4 Å². The van der Waals surface area contributed by atoms with Gasteiger partial charge in [0.15, 0.2) is 0 Å². The maximum Gasteiger partial charge on any atom is 0.269 e. The van der Waals surface area contributed by atoms with Crippen LogP contribution in [-0.4, -0.2) is 19.9 Å². The molecule has 2 aromatic heterocycles. The minimum atomic E-state index is -0.0128. The number of fused-ring (bicyclic) bond motifs is 6. The van der Waals surface area contributed by atoms with Crippen LogP contribution in [0.4, 0.5) is 0 Å². The van der Waals surface area contributed by atoms with Gasteiger partial charge in [0.2, 0.25) is 0 Å². The van der Waals surface area contributed by atoms with Crippen molar-refractivity contribution in [3.05, 3.63) is 129 Å². The first-order chi connectivity index (χ1) is 20.7. The van der Waals surface area contributed by atoms with Crippen molar-refractivity contribution in [2.24, 2.45) is 0 Å². The van der Waals surface area contributed by atoms with E-state index in [0.29, 0.717) is 23.3 Å². The highest BCUT2D eigenvalue weighted by Crippen LogP contribution is 2.42. The Bertz CT molecular complexity index is 2080. The van der Waals surface area contributed by atoms with Gasteiger partial charge in [0.1, 0.15) is 12.7 Å². The first-order valence-corrected chi connectivity index (χ1v) is 13.0. The summed E-state index contributed by atoms with van der Waals surface area (Å²) in [6, 6.07) is 16.4. The smallest absolute Gasteiger partial charge is 0.244 e. The standard InChI is InChI=1S/C34H16N8/c1-37-29(11-35)33-27-9-21-5-3-20(24-15-41-18-42-16-24)8-26(21)32(27)34(30(12-36)38-2)28-10-22-6-4-19(7-25(22)31(28)33)23-13-39-17-40-14-23/h3-8,13-18H,9-10H2/b33-29-,34-30+. The van der Waals surface area contributed by atoms with Crippen molar-refractivity contribution < 1.29 is 0 Å². The third-order valence-corrected chi connectivity index (χ3v) is 7.90. The summed E-state index contributed by atoms with van der Waals surface area (Å²) in [4.78, 5) is 23.9. The zero-order valence-corrected chi connectivity index (χ0v) is 21.9. The molecule has 0 spiro atoms. The van der Waals surface area contributed by atoms with Crippen LogP contribution >= 0.6 is 0 Å². The summed E-state index contributed by atoms with van der Waals surface area (Å²) in [7, 11) is 0. The van der Waals surface area contributed by atoms with E-state index in [4.69, 9.17) is 13.1 Å². The lowest BCUT2D eigenvalue weighted by molar-refractivity contribution is 1.17. The highest BCUT2D eigenvalue weighted by molar-refractivity contribution is 5.94. The Morgan fingerprint density at radius 3 is 1.38 bits per heavy atom. The van der Waals surface area contributed by atoms with Crippen LogP contribution in [-0.2, 0) is 12.8 Å². The summed E-state index contributed by atoms with van der Waals surface area (Å²) in [5, 5.41) is 21.5. The maximum absolute atomic E-state index is 10.2. The number of hydrogen-bond acceptors (Lipinski definition) is 6. The zero-order chi connectivity index (χ0) is 28.8. The Balaban J connectivity index is 1.63. The first kappa shape index (κ1) is 24.6. The van der Waals surface area contributed by atoms with E-state index in [1.807, 2.05) is 36.4 Å². The number of benzene rings is 3. The molecule has 0 saturated heterocycles. The topological polar surface area (TPSA) is 108 Å². The van der Waals surface area contributed by atoms with Gasteiger partial charge in [-0.15, -0.1) is 0 Å². The molecule has 0 atom stereocenters. The second-order valence-corrected chi connectivity index (χ2v) is 9.95. The maximum atomic E-state index is 10.2. The number of rotatable bonds is 2. The van der Waals surface area contributed by atoms with Gasteiger partial charge in [-0.25, -0.2) is 40.1 Å². The van der Waals surface area contributed by atoms with Crippen LogP contribution in [0.3, 0.4) is 0 Å². The van der Waals surface area contributed by atoms with Gasteiger partial charge in [-0.3, -0.25) is 0 Å². The average molecular weight is 537 g/mol. The van der Waals surface area contributed by atoms with Gasteiger partial charge < -0.3 is 0 Å². The van der Waals surface area contributed by atoms with E-state index in [1.165, 1.54) is 12.7 Å². The van der Waals surface area contributed by atoms with Gasteiger partial charge in [0, 0.05) is 46.4 Å². The molecule has 8 nitrogen and oxygen atoms in total. The summed E-state index contributed by atoms with van der Waals surface area (Å²) in [5.41, 5.74) is 10.2. The molecule has 2 aliphatic rings. The fraction of sp³-hybridized carbons (Fsp3) is 0.0588. The summed E-state index contributed by atoms with van der Waals surface area (Å²) in [6.07, 6.45) is 10.8. The Labute approximate surface area is 240 Å². The first-order valence-electron chi connectivity index (χ1n) is 13.0. The van der Waals surface area contributed by atoms with Crippen molar-refractivity contribution in [1.29, 1.82) is 10.5 Å². The van der Waals surface area contributed by atoms with Crippen LogP contribution in [0.2, 0.25) is 0 Å². The second-order valence-electron chi connectivity index (χ2n) is 9.95. The molecule has 2 heterocycles. The monoisotopic (exact) mass is 536 g/mol. The molecule has 42 heavy (non-hydrogen) atoms. The number of aromatic nitrogens is 4. The van der Waals surface area contributed by atoms with Crippen molar-refractivity contribution in [3.8, 4) is 56.6 Å². The predicted molar refractivity (Wildman–Crippen MR) is 155 cm³/mol. The minimum Gasteiger partial charge on any atom is -0.244 e. The summed E-state index contributed by atoms with van der Waals surface area (Å²) < 4.78 is 0. The van der Waals surface area contributed by atoms with Gasteiger partial charge in [-0.1, -0.05) is 24.3 Å². The summed E-state index contributed by atoms with van der Waals surface area (Å²) >= 11 is 0. The third kappa shape index (κ3) is 3.58. The molecule has 0 radical (unpaired) electrons. The Hall–Kier alpha value is -6.48.